The molecule has 174 valence electrons. The first-order valence-electron chi connectivity index (χ1n) is 11.1. The second-order valence-corrected chi connectivity index (χ2v) is 8.50. The van der Waals surface area contributed by atoms with Crippen LogP contribution in [0.4, 0.5) is 36.3 Å². The van der Waals surface area contributed by atoms with Crippen molar-refractivity contribution in [2.75, 3.05) is 10.6 Å². The number of anilines is 4. The first-order chi connectivity index (χ1) is 15.8. The van der Waals surface area contributed by atoms with E-state index in [2.05, 4.69) is 20.6 Å². The van der Waals surface area contributed by atoms with Crippen LogP contribution in [-0.2, 0) is 6.18 Å². The van der Waals surface area contributed by atoms with Gasteiger partial charge in [0.2, 0.25) is 5.95 Å². The van der Waals surface area contributed by atoms with Gasteiger partial charge in [0.15, 0.2) is 0 Å². The van der Waals surface area contributed by atoms with E-state index in [0.29, 0.717) is 23.0 Å². The molecule has 0 radical (unpaired) electrons. The smallest absolute Gasteiger partial charge is 0.421 e. The predicted molar refractivity (Wildman–Crippen MR) is 123 cm³/mol. The molecule has 1 aromatic heterocycles. The van der Waals surface area contributed by atoms with Crippen molar-refractivity contribution in [2.24, 2.45) is 0 Å². The quantitative estimate of drug-likeness (QED) is 0.387. The van der Waals surface area contributed by atoms with Gasteiger partial charge in [0.05, 0.1) is 6.10 Å². The predicted octanol–water partition coefficient (Wildman–Crippen LogP) is 7.43. The molecule has 1 fully saturated rings. The highest BCUT2D eigenvalue weighted by Gasteiger charge is 2.35. The van der Waals surface area contributed by atoms with Crippen LogP contribution in [0.5, 0.6) is 5.75 Å². The molecular formula is C25H27F3N4O. The highest BCUT2D eigenvalue weighted by Crippen LogP contribution is 2.37. The van der Waals surface area contributed by atoms with E-state index in [4.69, 9.17) is 4.74 Å². The van der Waals surface area contributed by atoms with Crippen LogP contribution >= 0.6 is 0 Å². The van der Waals surface area contributed by atoms with E-state index in [9.17, 15) is 13.2 Å². The summed E-state index contributed by atoms with van der Waals surface area (Å²) >= 11 is 0. The molecule has 0 bridgehead atoms. The molecule has 5 nitrogen and oxygen atoms in total. The van der Waals surface area contributed by atoms with Gasteiger partial charge in [-0.05, 0) is 74.6 Å². The molecule has 1 aliphatic rings. The molecule has 33 heavy (non-hydrogen) atoms. The summed E-state index contributed by atoms with van der Waals surface area (Å²) in [4.78, 5) is 7.98. The monoisotopic (exact) mass is 456 g/mol. The molecule has 0 unspecified atom stereocenters. The van der Waals surface area contributed by atoms with Crippen molar-refractivity contribution in [2.45, 2.75) is 57.7 Å². The number of rotatable bonds is 7. The van der Waals surface area contributed by atoms with Crippen molar-refractivity contribution >= 4 is 23.1 Å². The van der Waals surface area contributed by atoms with E-state index in [1.54, 1.807) is 36.4 Å². The standard InChI is InChI=1S/C25H27F3N4O/c1-16(2)33-21-13-11-20(12-14-21)31-24-29-15-22(25(26,27)28)23(32-24)30-19-9-7-18(8-10-19)17-5-3-4-6-17/h7-17H,3-6H2,1-2H3,(H2,29,30,31,32). The van der Waals surface area contributed by atoms with Gasteiger partial charge in [0, 0.05) is 17.6 Å². The van der Waals surface area contributed by atoms with Gasteiger partial charge in [-0.3, -0.25) is 0 Å². The Morgan fingerprint density at radius 3 is 2.12 bits per heavy atom. The molecular weight excluding hydrogens is 429 g/mol. The van der Waals surface area contributed by atoms with Crippen LogP contribution in [-0.4, -0.2) is 16.1 Å². The number of alkyl halides is 3. The molecule has 3 aromatic rings. The normalized spacial score (nSPS) is 14.5. The van der Waals surface area contributed by atoms with Gasteiger partial charge >= 0.3 is 6.18 Å². The molecule has 0 atom stereocenters. The fourth-order valence-electron chi connectivity index (χ4n) is 4.00. The van der Waals surface area contributed by atoms with Gasteiger partial charge in [0.25, 0.3) is 0 Å². The van der Waals surface area contributed by atoms with Crippen LogP contribution in [0.1, 0.15) is 56.6 Å². The fourth-order valence-corrected chi connectivity index (χ4v) is 4.00. The van der Waals surface area contributed by atoms with Crippen LogP contribution in [0, 0.1) is 0 Å². The number of nitrogens with zero attached hydrogens (tertiary/aromatic N) is 2. The largest absolute Gasteiger partial charge is 0.491 e. The average molecular weight is 457 g/mol. The molecule has 4 rings (SSSR count). The minimum Gasteiger partial charge on any atom is -0.491 e. The van der Waals surface area contributed by atoms with Gasteiger partial charge in [-0.2, -0.15) is 18.2 Å². The molecule has 2 aromatic carbocycles. The zero-order valence-corrected chi connectivity index (χ0v) is 18.6. The maximum absolute atomic E-state index is 13.6. The number of hydrogen-bond acceptors (Lipinski definition) is 5. The Balaban J connectivity index is 1.53. The van der Waals surface area contributed by atoms with E-state index < -0.39 is 11.7 Å². The second-order valence-electron chi connectivity index (χ2n) is 8.50. The summed E-state index contributed by atoms with van der Waals surface area (Å²) in [6, 6.07) is 14.6. The van der Waals surface area contributed by atoms with Crippen LogP contribution in [0.25, 0.3) is 0 Å². The lowest BCUT2D eigenvalue weighted by Crippen LogP contribution is -2.12. The average Bonchev–Trinajstić information content (AvgIpc) is 3.30. The molecule has 1 aliphatic carbocycles. The summed E-state index contributed by atoms with van der Waals surface area (Å²) in [6.07, 6.45) is 1.03. The lowest BCUT2D eigenvalue weighted by atomic mass is 9.97. The molecule has 0 saturated heterocycles. The number of hydrogen-bond donors (Lipinski definition) is 2. The van der Waals surface area contributed by atoms with Gasteiger partial charge in [0.1, 0.15) is 17.1 Å². The summed E-state index contributed by atoms with van der Waals surface area (Å²) in [7, 11) is 0. The fraction of sp³-hybridized carbons (Fsp3) is 0.360. The van der Waals surface area contributed by atoms with Crippen LogP contribution in [0.3, 0.4) is 0 Å². The highest BCUT2D eigenvalue weighted by atomic mass is 19.4. The summed E-state index contributed by atoms with van der Waals surface area (Å²) in [5.41, 5.74) is 1.48. The second kappa shape index (κ2) is 9.68. The van der Waals surface area contributed by atoms with E-state index in [-0.39, 0.29) is 17.9 Å². The minimum atomic E-state index is -4.58. The number of aromatic nitrogens is 2. The van der Waals surface area contributed by atoms with E-state index in [0.717, 1.165) is 19.0 Å². The van der Waals surface area contributed by atoms with Crippen molar-refractivity contribution in [3.8, 4) is 5.75 Å². The maximum Gasteiger partial charge on any atom is 0.421 e. The van der Waals surface area contributed by atoms with Crippen LogP contribution in [0.15, 0.2) is 54.7 Å². The SMILES string of the molecule is CC(C)Oc1ccc(Nc2ncc(C(F)(F)F)c(Nc3ccc(C4CCCC4)cc3)n2)cc1. The summed E-state index contributed by atoms with van der Waals surface area (Å²) < 4.78 is 46.3. The van der Waals surface area contributed by atoms with E-state index in [1.807, 2.05) is 26.0 Å². The Morgan fingerprint density at radius 2 is 1.52 bits per heavy atom. The Bertz CT molecular complexity index is 1060. The molecule has 1 heterocycles. The van der Waals surface area contributed by atoms with E-state index >= 15 is 0 Å². The zero-order valence-electron chi connectivity index (χ0n) is 18.6. The van der Waals surface area contributed by atoms with Gasteiger partial charge in [-0.1, -0.05) is 25.0 Å². The summed E-state index contributed by atoms with van der Waals surface area (Å²) in [5, 5.41) is 5.77. The summed E-state index contributed by atoms with van der Waals surface area (Å²) in [6.45, 7) is 3.86. The van der Waals surface area contributed by atoms with Crippen molar-refractivity contribution in [1.82, 2.24) is 9.97 Å². The molecule has 0 amide bonds. The number of halogens is 3. The molecule has 8 heteroatoms. The highest BCUT2D eigenvalue weighted by molar-refractivity contribution is 5.63. The third kappa shape index (κ3) is 5.94. The van der Waals surface area contributed by atoms with Crippen LogP contribution < -0.4 is 15.4 Å². The molecule has 2 N–H and O–H groups in total. The van der Waals surface area contributed by atoms with Crippen molar-refractivity contribution < 1.29 is 17.9 Å². The number of ether oxygens (including phenoxy) is 1. The topological polar surface area (TPSA) is 59.1 Å². The number of nitrogens with one attached hydrogen (secondary N) is 2. The third-order valence-corrected chi connectivity index (χ3v) is 5.58. The molecule has 0 aliphatic heterocycles. The molecule has 1 saturated carbocycles. The first-order valence-corrected chi connectivity index (χ1v) is 11.1. The van der Waals surface area contributed by atoms with Crippen molar-refractivity contribution in [3.63, 3.8) is 0 Å². The van der Waals surface area contributed by atoms with Gasteiger partial charge in [-0.15, -0.1) is 0 Å². The van der Waals surface area contributed by atoms with Crippen molar-refractivity contribution in [3.05, 3.63) is 65.9 Å². The lowest BCUT2D eigenvalue weighted by Gasteiger charge is -2.16. The van der Waals surface area contributed by atoms with Crippen LogP contribution in [0.2, 0.25) is 0 Å². The lowest BCUT2D eigenvalue weighted by molar-refractivity contribution is -0.137. The molecule has 0 spiro atoms. The van der Waals surface area contributed by atoms with Gasteiger partial charge in [-0.25, -0.2) is 4.98 Å². The minimum absolute atomic E-state index is 0.0444. The maximum atomic E-state index is 13.6. The first kappa shape index (κ1) is 22.9. The summed E-state index contributed by atoms with van der Waals surface area (Å²) in [5.74, 6) is 1.00. The third-order valence-electron chi connectivity index (χ3n) is 5.58. The Hall–Kier alpha value is -3.29. The van der Waals surface area contributed by atoms with Gasteiger partial charge < -0.3 is 15.4 Å². The number of benzene rings is 2. The zero-order chi connectivity index (χ0) is 23.4. The van der Waals surface area contributed by atoms with Crippen molar-refractivity contribution in [1.29, 1.82) is 0 Å². The Kier molecular flexibility index (Phi) is 6.72. The Labute approximate surface area is 191 Å². The van der Waals surface area contributed by atoms with E-state index in [1.165, 1.54) is 18.4 Å². The Morgan fingerprint density at radius 1 is 0.909 bits per heavy atom.